The lowest BCUT2D eigenvalue weighted by Crippen LogP contribution is -2.30. The van der Waals surface area contributed by atoms with Crippen molar-refractivity contribution in [2.24, 2.45) is 0 Å². The summed E-state index contributed by atoms with van der Waals surface area (Å²) in [7, 11) is 0. The SMILES string of the molecule is CC/C=C\C/C=C\C/C=C\C/C=C\C/C=C\C/C=C\C/C=C\CCCCCCCC(=O)OCC(COC(=O)CCCCCCCC)OC(=O)CCCCCCCCCCCCCCCCC/C=C\CCCCCCCCCC. The fourth-order valence-corrected chi connectivity index (χ4v) is 9.36. The maximum atomic E-state index is 12.9. The average molecular weight is 1090 g/mol. The average Bonchev–Trinajstić information content (AvgIpc) is 3.44. The van der Waals surface area contributed by atoms with Gasteiger partial charge in [0.1, 0.15) is 13.2 Å². The molecule has 0 radical (unpaired) electrons. The van der Waals surface area contributed by atoms with E-state index in [1.165, 1.54) is 161 Å². The highest BCUT2D eigenvalue weighted by atomic mass is 16.6. The molecule has 1 atom stereocenters. The normalized spacial score (nSPS) is 12.7. The number of carbonyl (C=O) groups excluding carboxylic acids is 3. The summed E-state index contributed by atoms with van der Waals surface area (Å²) in [4.78, 5) is 38.0. The van der Waals surface area contributed by atoms with Gasteiger partial charge in [-0.05, 0) is 103 Å². The Morgan fingerprint density at radius 2 is 0.500 bits per heavy atom. The lowest BCUT2D eigenvalue weighted by molar-refractivity contribution is -0.167. The van der Waals surface area contributed by atoms with Crippen LogP contribution in [-0.2, 0) is 28.6 Å². The van der Waals surface area contributed by atoms with E-state index in [0.717, 1.165) is 122 Å². The second-order valence-corrected chi connectivity index (χ2v) is 22.0. The Labute approximate surface area is 483 Å². The van der Waals surface area contributed by atoms with Crippen molar-refractivity contribution >= 4 is 17.9 Å². The highest BCUT2D eigenvalue weighted by Gasteiger charge is 2.19. The molecule has 0 aliphatic rings. The van der Waals surface area contributed by atoms with Crippen molar-refractivity contribution in [1.82, 2.24) is 0 Å². The van der Waals surface area contributed by atoms with E-state index >= 15 is 0 Å². The first kappa shape index (κ1) is 74.3. The molecule has 1 unspecified atom stereocenters. The van der Waals surface area contributed by atoms with Gasteiger partial charge in [-0.15, -0.1) is 0 Å². The number of esters is 3. The first-order valence-electron chi connectivity index (χ1n) is 33.2. The van der Waals surface area contributed by atoms with Crippen LogP contribution in [0.1, 0.15) is 323 Å². The Morgan fingerprint density at radius 1 is 0.269 bits per heavy atom. The molecule has 0 aliphatic carbocycles. The van der Waals surface area contributed by atoms with Gasteiger partial charge in [-0.1, -0.05) is 298 Å². The van der Waals surface area contributed by atoms with Crippen LogP contribution < -0.4 is 0 Å². The Bertz CT molecular complexity index is 1530. The van der Waals surface area contributed by atoms with Crippen molar-refractivity contribution in [3.05, 3.63) is 97.2 Å². The van der Waals surface area contributed by atoms with Gasteiger partial charge in [-0.25, -0.2) is 0 Å². The van der Waals surface area contributed by atoms with E-state index < -0.39 is 6.10 Å². The van der Waals surface area contributed by atoms with Crippen molar-refractivity contribution in [2.45, 2.75) is 329 Å². The summed E-state index contributed by atoms with van der Waals surface area (Å²) >= 11 is 0. The maximum absolute atomic E-state index is 12.9. The van der Waals surface area contributed by atoms with Crippen LogP contribution in [0.4, 0.5) is 0 Å². The Hall–Kier alpha value is -3.67. The summed E-state index contributed by atoms with van der Waals surface area (Å²) in [5, 5.41) is 0. The molecular formula is C72H124O6. The topological polar surface area (TPSA) is 78.9 Å². The molecule has 0 fully saturated rings. The van der Waals surface area contributed by atoms with Gasteiger partial charge in [0, 0.05) is 19.3 Å². The Morgan fingerprint density at radius 3 is 0.795 bits per heavy atom. The molecule has 0 saturated carbocycles. The van der Waals surface area contributed by atoms with Gasteiger partial charge < -0.3 is 14.2 Å². The zero-order chi connectivity index (χ0) is 56.4. The van der Waals surface area contributed by atoms with Crippen LogP contribution in [0.5, 0.6) is 0 Å². The van der Waals surface area contributed by atoms with Gasteiger partial charge >= 0.3 is 17.9 Å². The predicted octanol–water partition coefficient (Wildman–Crippen LogP) is 22.8. The van der Waals surface area contributed by atoms with Gasteiger partial charge in [0.15, 0.2) is 6.10 Å². The molecule has 6 heteroatoms. The third-order valence-electron chi connectivity index (χ3n) is 14.3. The predicted molar refractivity (Wildman–Crippen MR) is 339 cm³/mol. The highest BCUT2D eigenvalue weighted by molar-refractivity contribution is 5.71. The molecule has 448 valence electrons. The third-order valence-corrected chi connectivity index (χ3v) is 14.3. The van der Waals surface area contributed by atoms with Crippen molar-refractivity contribution in [2.75, 3.05) is 13.2 Å². The Balaban J connectivity index is 4.11. The number of rotatable bonds is 60. The Kier molecular flexibility index (Phi) is 62.7. The number of carbonyl (C=O) groups is 3. The molecule has 78 heavy (non-hydrogen) atoms. The van der Waals surface area contributed by atoms with E-state index in [0.29, 0.717) is 19.3 Å². The van der Waals surface area contributed by atoms with E-state index in [-0.39, 0.29) is 31.1 Å². The summed E-state index contributed by atoms with van der Waals surface area (Å²) in [6, 6.07) is 0. The molecule has 0 aromatic carbocycles. The fraction of sp³-hybridized carbons (Fsp3) is 0.736. The largest absolute Gasteiger partial charge is 0.462 e. The van der Waals surface area contributed by atoms with Gasteiger partial charge in [-0.2, -0.15) is 0 Å². The van der Waals surface area contributed by atoms with Crippen molar-refractivity contribution in [1.29, 1.82) is 0 Å². The molecule has 0 amide bonds. The van der Waals surface area contributed by atoms with Crippen LogP contribution in [0.15, 0.2) is 97.2 Å². The lowest BCUT2D eigenvalue weighted by atomic mass is 10.0. The molecule has 0 heterocycles. The highest BCUT2D eigenvalue weighted by Crippen LogP contribution is 2.17. The number of unbranched alkanes of at least 4 members (excludes halogenated alkanes) is 33. The van der Waals surface area contributed by atoms with Gasteiger partial charge in [0.25, 0.3) is 0 Å². The molecular weight excluding hydrogens is 961 g/mol. The molecule has 0 aromatic rings. The zero-order valence-corrected chi connectivity index (χ0v) is 51.4. The molecule has 0 saturated heterocycles. The van der Waals surface area contributed by atoms with E-state index in [4.69, 9.17) is 14.2 Å². The van der Waals surface area contributed by atoms with Crippen molar-refractivity contribution < 1.29 is 28.6 Å². The minimum absolute atomic E-state index is 0.0823. The van der Waals surface area contributed by atoms with Crippen LogP contribution in [0.25, 0.3) is 0 Å². The van der Waals surface area contributed by atoms with Crippen LogP contribution in [0.3, 0.4) is 0 Å². The zero-order valence-electron chi connectivity index (χ0n) is 51.4. The van der Waals surface area contributed by atoms with Crippen LogP contribution in [0, 0.1) is 0 Å². The maximum Gasteiger partial charge on any atom is 0.306 e. The lowest BCUT2D eigenvalue weighted by Gasteiger charge is -2.18. The number of ether oxygens (including phenoxy) is 3. The first-order valence-corrected chi connectivity index (χ1v) is 33.2. The van der Waals surface area contributed by atoms with E-state index in [2.05, 4.69) is 118 Å². The second kappa shape index (κ2) is 65.8. The number of hydrogen-bond acceptors (Lipinski definition) is 6. The summed E-state index contributed by atoms with van der Waals surface area (Å²) in [6.07, 6.45) is 88.9. The van der Waals surface area contributed by atoms with Gasteiger partial charge in [0.05, 0.1) is 0 Å². The number of allylic oxidation sites excluding steroid dienone is 16. The summed E-state index contributed by atoms with van der Waals surface area (Å²) in [6.45, 7) is 6.48. The third kappa shape index (κ3) is 63.2. The quantitative estimate of drug-likeness (QED) is 0.0261. The first-order chi connectivity index (χ1) is 38.5. The fourth-order valence-electron chi connectivity index (χ4n) is 9.36. The molecule has 6 nitrogen and oxygen atoms in total. The molecule has 0 rings (SSSR count). The van der Waals surface area contributed by atoms with Crippen LogP contribution in [-0.4, -0.2) is 37.2 Å². The standard InChI is InChI=1S/C72H124O6/c1-4-7-10-13-16-18-20-22-24-26-28-30-32-34-36-38-40-42-44-46-48-50-52-54-56-59-62-65-71(74)77-68-69(67-76-70(73)64-61-58-15-12-9-6-3)78-72(75)66-63-60-57-55-53-51-49-47-45-43-41-39-37-35-33-31-29-27-25-23-21-19-17-14-11-8-5-2/h7,10,16,18,22,24,27-30,34,36,40,42,46,48,69H,4-6,8-9,11-15,17,19-21,23,25-26,31-33,35,37-39,41,43-45,47,49-68H2,1-3H3/b10-7-,18-16-,24-22-,29-27-,30-28-,36-34-,42-40-,48-46-. The van der Waals surface area contributed by atoms with Crippen molar-refractivity contribution in [3.63, 3.8) is 0 Å². The minimum atomic E-state index is -0.783. The smallest absolute Gasteiger partial charge is 0.306 e. The monoisotopic (exact) mass is 1080 g/mol. The van der Waals surface area contributed by atoms with E-state index in [1.54, 1.807) is 0 Å². The summed E-state index contributed by atoms with van der Waals surface area (Å²) in [5.41, 5.74) is 0. The molecule has 0 aliphatic heterocycles. The van der Waals surface area contributed by atoms with E-state index in [1.807, 2.05) is 0 Å². The molecule has 0 N–H and O–H groups in total. The molecule has 0 aromatic heterocycles. The summed E-state index contributed by atoms with van der Waals surface area (Å²) < 4.78 is 16.8. The van der Waals surface area contributed by atoms with Crippen molar-refractivity contribution in [3.8, 4) is 0 Å². The minimum Gasteiger partial charge on any atom is -0.462 e. The van der Waals surface area contributed by atoms with Gasteiger partial charge in [0.2, 0.25) is 0 Å². The van der Waals surface area contributed by atoms with Crippen LogP contribution in [0.2, 0.25) is 0 Å². The number of hydrogen-bond donors (Lipinski definition) is 0. The van der Waals surface area contributed by atoms with E-state index in [9.17, 15) is 14.4 Å². The second-order valence-electron chi connectivity index (χ2n) is 22.0. The molecule has 0 spiro atoms. The summed E-state index contributed by atoms with van der Waals surface area (Å²) in [5.74, 6) is -0.902. The molecule has 0 bridgehead atoms. The van der Waals surface area contributed by atoms with Crippen LogP contribution >= 0.6 is 0 Å². The van der Waals surface area contributed by atoms with Gasteiger partial charge in [-0.3, -0.25) is 14.4 Å².